The fourth-order valence-electron chi connectivity index (χ4n) is 3.72. The number of nitrogens with zero attached hydrogens (tertiary/aromatic N) is 3. The van der Waals surface area contributed by atoms with Crippen molar-refractivity contribution in [2.24, 2.45) is 0 Å². The molecule has 0 atom stereocenters. The Morgan fingerprint density at radius 1 is 0.667 bits per heavy atom. The van der Waals surface area contributed by atoms with Gasteiger partial charge in [-0.2, -0.15) is 0 Å². The van der Waals surface area contributed by atoms with Crippen LogP contribution in [-0.2, 0) is 0 Å². The van der Waals surface area contributed by atoms with Crippen molar-refractivity contribution < 1.29 is 19.3 Å². The molecule has 3 aromatic carbocycles. The van der Waals surface area contributed by atoms with Gasteiger partial charge in [-0.3, -0.25) is 20.2 Å². The summed E-state index contributed by atoms with van der Waals surface area (Å²) in [6.45, 7) is 0. The number of rotatable bonds is 7. The van der Waals surface area contributed by atoms with Crippen LogP contribution in [0.5, 0.6) is 11.5 Å². The maximum atomic E-state index is 11.8. The zero-order chi connectivity index (χ0) is 23.5. The Morgan fingerprint density at radius 2 is 1.12 bits per heavy atom. The zero-order valence-corrected chi connectivity index (χ0v) is 17.8. The van der Waals surface area contributed by atoms with E-state index in [0.717, 1.165) is 0 Å². The smallest absolute Gasteiger partial charge is 0.282 e. The molecular formula is C24H19N3O6. The number of nitro benzene ring substituents is 2. The number of methoxy groups -OCH3 is 2. The number of aromatic nitrogens is 1. The summed E-state index contributed by atoms with van der Waals surface area (Å²) in [5, 5.41) is 23.7. The highest BCUT2D eigenvalue weighted by atomic mass is 16.6. The second-order valence-electron chi connectivity index (χ2n) is 7.06. The minimum atomic E-state index is -0.476. The average molecular weight is 445 g/mol. The Labute approximate surface area is 188 Å². The minimum Gasteiger partial charge on any atom is -0.497 e. The molecule has 1 heterocycles. The molecule has 0 N–H and O–H groups in total. The Balaban J connectivity index is 2.03. The molecule has 4 aromatic rings. The molecule has 0 aliphatic carbocycles. The minimum absolute atomic E-state index is 0.139. The molecule has 33 heavy (non-hydrogen) atoms. The molecule has 166 valence electrons. The number of para-hydroxylation sites is 1. The quantitative estimate of drug-likeness (QED) is 0.269. The van der Waals surface area contributed by atoms with Crippen molar-refractivity contribution in [3.63, 3.8) is 0 Å². The van der Waals surface area contributed by atoms with Crippen molar-refractivity contribution in [3.05, 3.63) is 99.1 Å². The molecule has 0 radical (unpaired) electrons. The van der Waals surface area contributed by atoms with Crippen molar-refractivity contribution in [2.45, 2.75) is 0 Å². The summed E-state index contributed by atoms with van der Waals surface area (Å²) >= 11 is 0. The molecular weight excluding hydrogens is 426 g/mol. The lowest BCUT2D eigenvalue weighted by molar-refractivity contribution is -0.384. The molecule has 0 aliphatic heterocycles. The van der Waals surface area contributed by atoms with Crippen LogP contribution in [0.15, 0.2) is 78.9 Å². The van der Waals surface area contributed by atoms with Crippen LogP contribution >= 0.6 is 0 Å². The standard InChI is InChI=1S/C24H19N3O6/c1-32-17-8-10-19(23(14-17)26(28)29)21-12-13-22(25(21)16-6-4-3-5-7-16)20-11-9-18(33-2)15-24(20)27(30)31/h3-15H,1-2H3. The molecule has 0 unspecified atom stereocenters. The van der Waals surface area contributed by atoms with Gasteiger partial charge in [0.1, 0.15) is 11.5 Å². The van der Waals surface area contributed by atoms with Gasteiger partial charge in [-0.05, 0) is 48.5 Å². The molecule has 0 saturated heterocycles. The summed E-state index contributed by atoms with van der Waals surface area (Å²) < 4.78 is 12.1. The lowest BCUT2D eigenvalue weighted by atomic mass is 10.1. The molecule has 0 amide bonds. The van der Waals surface area contributed by atoms with Gasteiger partial charge >= 0.3 is 0 Å². The molecule has 0 bridgehead atoms. The first kappa shape index (κ1) is 21.6. The first-order valence-corrected chi connectivity index (χ1v) is 9.87. The van der Waals surface area contributed by atoms with E-state index in [1.165, 1.54) is 26.4 Å². The van der Waals surface area contributed by atoms with Gasteiger partial charge in [0.2, 0.25) is 0 Å². The van der Waals surface area contributed by atoms with Gasteiger partial charge < -0.3 is 14.0 Å². The first-order valence-electron chi connectivity index (χ1n) is 9.87. The van der Waals surface area contributed by atoms with E-state index < -0.39 is 9.85 Å². The van der Waals surface area contributed by atoms with E-state index in [9.17, 15) is 20.2 Å². The second-order valence-corrected chi connectivity index (χ2v) is 7.06. The largest absolute Gasteiger partial charge is 0.497 e. The van der Waals surface area contributed by atoms with Crippen molar-refractivity contribution in [2.75, 3.05) is 14.2 Å². The predicted octanol–water partition coefficient (Wildman–Crippen LogP) is 5.64. The fraction of sp³-hybridized carbons (Fsp3) is 0.0833. The third-order valence-corrected chi connectivity index (χ3v) is 5.25. The van der Waals surface area contributed by atoms with Crippen LogP contribution < -0.4 is 9.47 Å². The van der Waals surface area contributed by atoms with Gasteiger partial charge in [0.05, 0.1) is 58.7 Å². The van der Waals surface area contributed by atoms with Crippen LogP contribution in [-0.4, -0.2) is 28.6 Å². The zero-order valence-electron chi connectivity index (χ0n) is 17.8. The maximum Gasteiger partial charge on any atom is 0.282 e. The van der Waals surface area contributed by atoms with Gasteiger partial charge in [-0.1, -0.05) is 18.2 Å². The summed E-state index contributed by atoms with van der Waals surface area (Å²) in [4.78, 5) is 22.7. The van der Waals surface area contributed by atoms with Crippen LogP contribution in [0.4, 0.5) is 11.4 Å². The van der Waals surface area contributed by atoms with E-state index in [4.69, 9.17) is 9.47 Å². The number of hydrogen-bond acceptors (Lipinski definition) is 6. The van der Waals surface area contributed by atoms with Gasteiger partial charge in [0.25, 0.3) is 11.4 Å². The summed E-state index contributed by atoms with van der Waals surface area (Å²) in [6, 6.07) is 21.8. The third kappa shape index (κ3) is 3.99. The summed E-state index contributed by atoms with van der Waals surface area (Å²) in [6.07, 6.45) is 0. The summed E-state index contributed by atoms with van der Waals surface area (Å²) in [7, 11) is 2.87. The van der Waals surface area contributed by atoms with E-state index in [2.05, 4.69) is 0 Å². The van der Waals surface area contributed by atoms with Gasteiger partial charge in [0, 0.05) is 5.69 Å². The summed E-state index contributed by atoms with van der Waals surface area (Å²) in [5.41, 5.74) is 2.15. The Kier molecular flexibility index (Phi) is 5.77. The Morgan fingerprint density at radius 3 is 1.52 bits per heavy atom. The van der Waals surface area contributed by atoms with Crippen molar-refractivity contribution in [1.82, 2.24) is 4.57 Å². The van der Waals surface area contributed by atoms with Crippen molar-refractivity contribution in [1.29, 1.82) is 0 Å². The number of hydrogen-bond donors (Lipinski definition) is 0. The molecule has 0 spiro atoms. The predicted molar refractivity (Wildman–Crippen MR) is 123 cm³/mol. The number of ether oxygens (including phenoxy) is 2. The number of nitro groups is 2. The van der Waals surface area contributed by atoms with E-state index in [-0.39, 0.29) is 11.4 Å². The van der Waals surface area contributed by atoms with Crippen LogP contribution in [0.1, 0.15) is 0 Å². The van der Waals surface area contributed by atoms with Crippen molar-refractivity contribution >= 4 is 11.4 Å². The molecule has 4 rings (SSSR count). The van der Waals surface area contributed by atoms with Crippen LogP contribution in [0.25, 0.3) is 28.2 Å². The molecule has 0 saturated carbocycles. The topological polar surface area (TPSA) is 110 Å². The van der Waals surface area contributed by atoms with Crippen LogP contribution in [0, 0.1) is 20.2 Å². The van der Waals surface area contributed by atoms with E-state index in [1.807, 2.05) is 30.3 Å². The highest BCUT2D eigenvalue weighted by molar-refractivity contribution is 5.81. The van der Waals surface area contributed by atoms with Gasteiger partial charge in [-0.15, -0.1) is 0 Å². The normalized spacial score (nSPS) is 10.6. The molecule has 0 aliphatic rings. The van der Waals surface area contributed by atoms with E-state index >= 15 is 0 Å². The molecule has 9 heteroatoms. The highest BCUT2D eigenvalue weighted by Gasteiger charge is 2.25. The van der Waals surface area contributed by atoms with Crippen LogP contribution in [0.2, 0.25) is 0 Å². The molecule has 1 aromatic heterocycles. The fourth-order valence-corrected chi connectivity index (χ4v) is 3.72. The van der Waals surface area contributed by atoms with Gasteiger partial charge in [0.15, 0.2) is 0 Å². The lowest BCUT2D eigenvalue weighted by Crippen LogP contribution is -2.03. The Bertz CT molecular complexity index is 1260. The van der Waals surface area contributed by atoms with E-state index in [0.29, 0.717) is 39.7 Å². The number of benzene rings is 3. The average Bonchev–Trinajstić information content (AvgIpc) is 3.28. The van der Waals surface area contributed by atoms with Gasteiger partial charge in [-0.25, -0.2) is 0 Å². The summed E-state index contributed by atoms with van der Waals surface area (Å²) in [5.74, 6) is 0.712. The SMILES string of the molecule is COc1ccc(-c2ccc(-c3ccc(OC)cc3[N+](=O)[O-])n2-c2ccccc2)c([N+](=O)[O-])c1. The Hall–Kier alpha value is -4.66. The molecule has 0 fully saturated rings. The maximum absolute atomic E-state index is 11.8. The lowest BCUT2D eigenvalue weighted by Gasteiger charge is -2.15. The monoisotopic (exact) mass is 445 g/mol. The van der Waals surface area contributed by atoms with Crippen molar-refractivity contribution in [3.8, 4) is 39.7 Å². The first-order chi connectivity index (χ1) is 15.9. The highest BCUT2D eigenvalue weighted by Crippen LogP contribution is 2.41. The second kappa shape index (κ2) is 8.83. The van der Waals surface area contributed by atoms with Crippen LogP contribution in [0.3, 0.4) is 0 Å². The van der Waals surface area contributed by atoms with E-state index in [1.54, 1.807) is 41.0 Å². The third-order valence-electron chi connectivity index (χ3n) is 5.25. The molecule has 9 nitrogen and oxygen atoms in total.